The lowest BCUT2D eigenvalue weighted by Crippen LogP contribution is -2.28. The fourth-order valence-electron chi connectivity index (χ4n) is 1.03. The average molecular weight is 265 g/mol. The molecule has 0 fully saturated rings. The summed E-state index contributed by atoms with van der Waals surface area (Å²) in [7, 11) is 0. The van der Waals surface area contributed by atoms with Crippen LogP contribution in [0.25, 0.3) is 0 Å². The molecule has 0 atom stereocenters. The largest absolute Gasteiger partial charge is 0.374 e. The molecule has 17 heavy (non-hydrogen) atoms. The van der Waals surface area contributed by atoms with E-state index >= 15 is 0 Å². The molecule has 1 aromatic heterocycles. The zero-order valence-corrected chi connectivity index (χ0v) is 9.58. The van der Waals surface area contributed by atoms with Crippen LogP contribution in [0.1, 0.15) is 10.5 Å². The maximum absolute atomic E-state index is 11.7. The van der Waals surface area contributed by atoms with E-state index in [4.69, 9.17) is 11.6 Å². The van der Waals surface area contributed by atoms with Gasteiger partial charge in [0, 0.05) is 17.8 Å². The molecule has 1 heterocycles. The molecular formula is C10H11ClF2N2O2. The zero-order chi connectivity index (χ0) is 12.7. The van der Waals surface area contributed by atoms with Crippen LogP contribution in [0.3, 0.4) is 0 Å². The van der Waals surface area contributed by atoms with Gasteiger partial charge in [-0.05, 0) is 12.1 Å². The van der Waals surface area contributed by atoms with Crippen molar-refractivity contribution in [1.29, 1.82) is 0 Å². The number of hydrogen-bond donors (Lipinski definition) is 1. The fourth-order valence-corrected chi connectivity index (χ4v) is 1.19. The van der Waals surface area contributed by atoms with Crippen LogP contribution in [0.5, 0.6) is 0 Å². The van der Waals surface area contributed by atoms with Gasteiger partial charge in [0.2, 0.25) is 0 Å². The van der Waals surface area contributed by atoms with Crippen LogP contribution in [0, 0.1) is 0 Å². The first-order valence-corrected chi connectivity index (χ1v) is 5.23. The predicted octanol–water partition coefficient (Wildman–Crippen LogP) is 1.75. The standard InChI is InChI=1S/C10H11ClF2N2O2/c11-7-1-2-14-8(5-7)10(16)15-3-4-17-6-9(12)13/h1-2,5,9H,3-4,6H2,(H,15,16). The van der Waals surface area contributed by atoms with Gasteiger partial charge in [-0.2, -0.15) is 0 Å². The van der Waals surface area contributed by atoms with Gasteiger partial charge in [0.25, 0.3) is 12.3 Å². The van der Waals surface area contributed by atoms with E-state index in [2.05, 4.69) is 15.0 Å². The Kier molecular flexibility index (Phi) is 5.79. The molecule has 0 radical (unpaired) electrons. The average Bonchev–Trinajstić information content (AvgIpc) is 2.28. The van der Waals surface area contributed by atoms with Crippen molar-refractivity contribution in [3.05, 3.63) is 29.0 Å². The molecule has 0 aromatic carbocycles. The van der Waals surface area contributed by atoms with E-state index in [9.17, 15) is 13.6 Å². The molecule has 0 saturated heterocycles. The molecule has 7 heteroatoms. The van der Waals surface area contributed by atoms with Crippen molar-refractivity contribution in [2.45, 2.75) is 6.43 Å². The third kappa shape index (κ3) is 5.55. The summed E-state index contributed by atoms with van der Waals surface area (Å²) >= 11 is 5.68. The Morgan fingerprint density at radius 2 is 2.35 bits per heavy atom. The van der Waals surface area contributed by atoms with E-state index in [0.717, 1.165) is 0 Å². The molecule has 94 valence electrons. The number of nitrogens with one attached hydrogen (secondary N) is 1. The van der Waals surface area contributed by atoms with Gasteiger partial charge in [-0.15, -0.1) is 0 Å². The maximum Gasteiger partial charge on any atom is 0.270 e. The van der Waals surface area contributed by atoms with Crippen LogP contribution in [-0.4, -0.2) is 37.1 Å². The van der Waals surface area contributed by atoms with E-state index < -0.39 is 18.9 Å². The smallest absolute Gasteiger partial charge is 0.270 e. The number of aromatic nitrogens is 1. The van der Waals surface area contributed by atoms with Gasteiger partial charge in [0.1, 0.15) is 12.3 Å². The number of hydrogen-bond acceptors (Lipinski definition) is 3. The van der Waals surface area contributed by atoms with Gasteiger partial charge < -0.3 is 10.1 Å². The summed E-state index contributed by atoms with van der Waals surface area (Å²) in [5, 5.41) is 2.87. The molecule has 0 unspecified atom stereocenters. The number of carbonyl (C=O) groups is 1. The van der Waals surface area contributed by atoms with Crippen LogP contribution in [0.15, 0.2) is 18.3 Å². The number of halogens is 3. The maximum atomic E-state index is 11.7. The van der Waals surface area contributed by atoms with Gasteiger partial charge in [-0.1, -0.05) is 11.6 Å². The fraction of sp³-hybridized carbons (Fsp3) is 0.400. The molecular weight excluding hydrogens is 254 g/mol. The summed E-state index contributed by atoms with van der Waals surface area (Å²) in [5.41, 5.74) is 0.173. The van der Waals surface area contributed by atoms with Crippen LogP contribution in [0.2, 0.25) is 5.02 Å². The van der Waals surface area contributed by atoms with Crippen LogP contribution in [0.4, 0.5) is 8.78 Å². The van der Waals surface area contributed by atoms with Crippen molar-refractivity contribution >= 4 is 17.5 Å². The molecule has 1 rings (SSSR count). The number of ether oxygens (including phenoxy) is 1. The minimum absolute atomic E-state index is 0.0245. The Balaban J connectivity index is 2.26. The number of nitrogens with zero attached hydrogens (tertiary/aromatic N) is 1. The highest BCUT2D eigenvalue weighted by molar-refractivity contribution is 6.30. The monoisotopic (exact) mass is 264 g/mol. The lowest BCUT2D eigenvalue weighted by molar-refractivity contribution is 0.0188. The molecule has 1 N–H and O–H groups in total. The third-order valence-corrected chi connectivity index (χ3v) is 1.97. The molecule has 0 bridgehead atoms. The molecule has 0 spiro atoms. The van der Waals surface area contributed by atoms with Crippen molar-refractivity contribution in [2.24, 2.45) is 0 Å². The summed E-state index contributed by atoms with van der Waals surface area (Å²) in [6, 6.07) is 2.96. The summed E-state index contributed by atoms with van der Waals surface area (Å²) in [4.78, 5) is 15.3. The van der Waals surface area contributed by atoms with E-state index in [1.807, 2.05) is 0 Å². The van der Waals surface area contributed by atoms with E-state index in [-0.39, 0.29) is 18.8 Å². The molecule has 4 nitrogen and oxygen atoms in total. The molecule has 0 aliphatic carbocycles. The number of amides is 1. The van der Waals surface area contributed by atoms with Gasteiger partial charge in [0.05, 0.1) is 6.61 Å². The highest BCUT2D eigenvalue weighted by atomic mass is 35.5. The minimum atomic E-state index is -2.50. The second-order valence-electron chi connectivity index (χ2n) is 3.08. The lowest BCUT2D eigenvalue weighted by Gasteiger charge is -2.05. The van der Waals surface area contributed by atoms with E-state index in [0.29, 0.717) is 5.02 Å². The Labute approximate surface area is 102 Å². The second kappa shape index (κ2) is 7.13. The number of pyridine rings is 1. The van der Waals surface area contributed by atoms with Crippen LogP contribution in [-0.2, 0) is 4.74 Å². The minimum Gasteiger partial charge on any atom is -0.374 e. The van der Waals surface area contributed by atoms with Crippen molar-refractivity contribution < 1.29 is 18.3 Å². The first-order valence-electron chi connectivity index (χ1n) is 4.85. The van der Waals surface area contributed by atoms with Gasteiger partial charge >= 0.3 is 0 Å². The molecule has 0 aliphatic heterocycles. The summed E-state index contributed by atoms with van der Waals surface area (Å²) in [6.45, 7) is -0.471. The summed E-state index contributed by atoms with van der Waals surface area (Å²) < 4.78 is 28.0. The van der Waals surface area contributed by atoms with Crippen LogP contribution >= 0.6 is 11.6 Å². The number of rotatable bonds is 6. The van der Waals surface area contributed by atoms with Crippen LogP contribution < -0.4 is 5.32 Å². The Bertz CT molecular complexity index is 377. The second-order valence-corrected chi connectivity index (χ2v) is 3.52. The number of carbonyl (C=O) groups excluding carboxylic acids is 1. The Morgan fingerprint density at radius 3 is 3.00 bits per heavy atom. The zero-order valence-electron chi connectivity index (χ0n) is 8.83. The molecule has 1 aromatic rings. The first-order chi connectivity index (χ1) is 8.09. The SMILES string of the molecule is O=C(NCCOCC(F)F)c1cc(Cl)ccn1. The highest BCUT2D eigenvalue weighted by Crippen LogP contribution is 2.07. The van der Waals surface area contributed by atoms with Gasteiger partial charge in [-0.3, -0.25) is 9.78 Å². The van der Waals surface area contributed by atoms with Gasteiger partial charge in [0.15, 0.2) is 0 Å². The lowest BCUT2D eigenvalue weighted by atomic mass is 10.3. The number of alkyl halides is 2. The summed E-state index contributed by atoms with van der Waals surface area (Å²) in [6.07, 6.45) is -1.09. The van der Waals surface area contributed by atoms with Crippen molar-refractivity contribution in [1.82, 2.24) is 10.3 Å². The highest BCUT2D eigenvalue weighted by Gasteiger charge is 2.07. The normalized spacial score (nSPS) is 10.6. The van der Waals surface area contributed by atoms with Crippen molar-refractivity contribution in [3.8, 4) is 0 Å². The molecule has 1 amide bonds. The topological polar surface area (TPSA) is 51.2 Å². The molecule has 0 aliphatic rings. The van der Waals surface area contributed by atoms with E-state index in [1.165, 1.54) is 12.3 Å². The Hall–Kier alpha value is -1.27. The first kappa shape index (κ1) is 13.8. The predicted molar refractivity (Wildman–Crippen MR) is 58.4 cm³/mol. The third-order valence-electron chi connectivity index (χ3n) is 1.73. The van der Waals surface area contributed by atoms with Crippen molar-refractivity contribution in [2.75, 3.05) is 19.8 Å². The van der Waals surface area contributed by atoms with Crippen molar-refractivity contribution in [3.63, 3.8) is 0 Å². The van der Waals surface area contributed by atoms with E-state index in [1.54, 1.807) is 6.07 Å². The Morgan fingerprint density at radius 1 is 1.59 bits per heavy atom. The van der Waals surface area contributed by atoms with Gasteiger partial charge in [-0.25, -0.2) is 8.78 Å². The quantitative estimate of drug-likeness (QED) is 0.797. The molecule has 0 saturated carbocycles. The summed E-state index contributed by atoms with van der Waals surface area (Å²) in [5.74, 6) is -0.423.